The highest BCUT2D eigenvalue weighted by Gasteiger charge is 2.10. The molecule has 4 heteroatoms. The molecule has 0 spiro atoms. The van der Waals surface area contributed by atoms with Crippen LogP contribution in [0.1, 0.15) is 10.4 Å². The molecule has 0 N–H and O–H groups in total. The quantitative estimate of drug-likeness (QED) is 0.745. The normalized spacial score (nSPS) is 10.3. The number of carbonyl (C=O) groups is 1. The zero-order chi connectivity index (χ0) is 10.8. The van der Waals surface area contributed by atoms with E-state index >= 15 is 0 Å². The van der Waals surface area contributed by atoms with Crippen molar-refractivity contribution in [2.45, 2.75) is 0 Å². The number of methoxy groups -OCH3 is 1. The van der Waals surface area contributed by atoms with Gasteiger partial charge in [0.2, 0.25) is 0 Å². The fourth-order valence-electron chi connectivity index (χ4n) is 1.41. The van der Waals surface area contributed by atoms with Gasteiger partial charge in [0.05, 0.1) is 18.2 Å². The van der Waals surface area contributed by atoms with Crippen LogP contribution in [0.15, 0.2) is 34.9 Å². The summed E-state index contributed by atoms with van der Waals surface area (Å²) in [5.41, 5.74) is 1.31. The van der Waals surface area contributed by atoms with E-state index in [0.29, 0.717) is 5.56 Å². The summed E-state index contributed by atoms with van der Waals surface area (Å²) in [6.45, 7) is 0. The maximum Gasteiger partial charge on any atom is 0.338 e. The molecule has 0 radical (unpaired) electrons. The monoisotopic (exact) mass is 265 g/mol. The number of fused-ring (bicyclic) bond motifs is 1. The van der Waals surface area contributed by atoms with E-state index < -0.39 is 0 Å². The summed E-state index contributed by atoms with van der Waals surface area (Å²) in [5.74, 6) is -0.343. The van der Waals surface area contributed by atoms with Crippen molar-refractivity contribution in [3.05, 3.63) is 40.5 Å². The van der Waals surface area contributed by atoms with Crippen molar-refractivity contribution in [2.24, 2.45) is 0 Å². The Hall–Kier alpha value is -1.42. The van der Waals surface area contributed by atoms with E-state index in [4.69, 9.17) is 4.74 Å². The van der Waals surface area contributed by atoms with Gasteiger partial charge in [-0.25, -0.2) is 4.79 Å². The number of benzene rings is 1. The van der Waals surface area contributed by atoms with Crippen LogP contribution in [0.5, 0.6) is 0 Å². The minimum Gasteiger partial charge on any atom is -0.465 e. The lowest BCUT2D eigenvalue weighted by Crippen LogP contribution is -2.02. The second-order valence-corrected chi connectivity index (χ2v) is 3.93. The molecule has 0 atom stereocenters. The molecule has 2 aromatic rings. The Balaban J connectivity index is 2.71. The first-order valence-electron chi connectivity index (χ1n) is 4.35. The smallest absolute Gasteiger partial charge is 0.338 e. The minimum absolute atomic E-state index is 0.343. The van der Waals surface area contributed by atoms with E-state index in [9.17, 15) is 4.79 Å². The topological polar surface area (TPSA) is 39.2 Å². The van der Waals surface area contributed by atoms with E-state index in [2.05, 4.69) is 20.9 Å². The molecule has 0 fully saturated rings. The van der Waals surface area contributed by atoms with Crippen LogP contribution in [-0.2, 0) is 4.74 Å². The van der Waals surface area contributed by atoms with Crippen LogP contribution in [-0.4, -0.2) is 18.1 Å². The number of carbonyl (C=O) groups excluding carboxylic acids is 1. The standard InChI is InChI=1S/C11H8BrNO2/c1-15-11(14)9-4-5-13-10-6-7(12)2-3-8(9)10/h2-6H,1H3. The Morgan fingerprint density at radius 3 is 2.93 bits per heavy atom. The Morgan fingerprint density at radius 2 is 2.20 bits per heavy atom. The predicted octanol–water partition coefficient (Wildman–Crippen LogP) is 2.78. The third kappa shape index (κ3) is 1.85. The van der Waals surface area contributed by atoms with Crippen LogP contribution >= 0.6 is 15.9 Å². The summed E-state index contributed by atoms with van der Waals surface area (Å²) < 4.78 is 5.63. The summed E-state index contributed by atoms with van der Waals surface area (Å²) in [7, 11) is 1.37. The second-order valence-electron chi connectivity index (χ2n) is 3.01. The molecule has 0 aliphatic rings. The molecule has 1 aromatic carbocycles. The van der Waals surface area contributed by atoms with Crippen molar-refractivity contribution >= 4 is 32.8 Å². The number of pyridine rings is 1. The second kappa shape index (κ2) is 3.98. The number of halogens is 1. The summed E-state index contributed by atoms with van der Waals surface area (Å²) in [4.78, 5) is 15.6. The largest absolute Gasteiger partial charge is 0.465 e. The number of nitrogens with zero attached hydrogens (tertiary/aromatic N) is 1. The van der Waals surface area contributed by atoms with E-state index in [0.717, 1.165) is 15.4 Å². The van der Waals surface area contributed by atoms with Crippen LogP contribution in [0.2, 0.25) is 0 Å². The lowest BCUT2D eigenvalue weighted by Gasteiger charge is -2.03. The lowest BCUT2D eigenvalue weighted by atomic mass is 10.1. The first-order valence-corrected chi connectivity index (χ1v) is 5.14. The highest BCUT2D eigenvalue weighted by Crippen LogP contribution is 2.21. The minimum atomic E-state index is -0.343. The van der Waals surface area contributed by atoms with Crippen molar-refractivity contribution in [2.75, 3.05) is 7.11 Å². The van der Waals surface area contributed by atoms with Crippen molar-refractivity contribution in [3.63, 3.8) is 0 Å². The molecule has 1 heterocycles. The van der Waals surface area contributed by atoms with Crippen LogP contribution < -0.4 is 0 Å². The zero-order valence-corrected chi connectivity index (χ0v) is 9.61. The van der Waals surface area contributed by atoms with Gasteiger partial charge in [0.15, 0.2) is 0 Å². The maximum atomic E-state index is 11.5. The van der Waals surface area contributed by atoms with Crippen LogP contribution in [0, 0.1) is 0 Å². The highest BCUT2D eigenvalue weighted by atomic mass is 79.9. The van der Waals surface area contributed by atoms with Crippen LogP contribution in [0.25, 0.3) is 10.9 Å². The number of hydrogen-bond acceptors (Lipinski definition) is 3. The van der Waals surface area contributed by atoms with Gasteiger partial charge in [-0.15, -0.1) is 0 Å². The maximum absolute atomic E-state index is 11.5. The summed E-state index contributed by atoms with van der Waals surface area (Å²) >= 11 is 3.35. The summed E-state index contributed by atoms with van der Waals surface area (Å²) in [5, 5.41) is 0.799. The molecule has 2 rings (SSSR count). The average molecular weight is 266 g/mol. The number of esters is 1. The number of aromatic nitrogens is 1. The summed E-state index contributed by atoms with van der Waals surface area (Å²) in [6.07, 6.45) is 1.60. The fourth-order valence-corrected chi connectivity index (χ4v) is 1.76. The van der Waals surface area contributed by atoms with Gasteiger partial charge >= 0.3 is 5.97 Å². The summed E-state index contributed by atoms with van der Waals surface area (Å²) in [6, 6.07) is 7.24. The molecule has 0 bridgehead atoms. The molecule has 0 aliphatic heterocycles. The third-order valence-corrected chi connectivity index (χ3v) is 2.60. The van der Waals surface area contributed by atoms with E-state index in [1.165, 1.54) is 7.11 Å². The molecule has 1 aromatic heterocycles. The van der Waals surface area contributed by atoms with Gasteiger partial charge in [-0.1, -0.05) is 22.0 Å². The van der Waals surface area contributed by atoms with Crippen molar-refractivity contribution < 1.29 is 9.53 Å². The first-order chi connectivity index (χ1) is 7.22. The molecule has 76 valence electrons. The molecule has 15 heavy (non-hydrogen) atoms. The molecule has 0 unspecified atom stereocenters. The molecule has 0 saturated heterocycles. The molecule has 0 saturated carbocycles. The zero-order valence-electron chi connectivity index (χ0n) is 8.03. The Kier molecular flexibility index (Phi) is 2.68. The lowest BCUT2D eigenvalue weighted by molar-refractivity contribution is 0.0603. The van der Waals surface area contributed by atoms with Gasteiger partial charge in [-0.05, 0) is 18.2 Å². The van der Waals surface area contributed by atoms with Gasteiger partial charge in [0.25, 0.3) is 0 Å². The highest BCUT2D eigenvalue weighted by molar-refractivity contribution is 9.10. The third-order valence-electron chi connectivity index (χ3n) is 2.11. The van der Waals surface area contributed by atoms with E-state index in [1.807, 2.05) is 18.2 Å². The van der Waals surface area contributed by atoms with Gasteiger partial charge in [0.1, 0.15) is 0 Å². The van der Waals surface area contributed by atoms with Gasteiger partial charge in [0, 0.05) is 16.1 Å². The molecular weight excluding hydrogens is 258 g/mol. The van der Waals surface area contributed by atoms with E-state index in [1.54, 1.807) is 12.3 Å². The number of hydrogen-bond donors (Lipinski definition) is 0. The van der Waals surface area contributed by atoms with Crippen molar-refractivity contribution in [3.8, 4) is 0 Å². The Bertz CT molecular complexity index is 525. The van der Waals surface area contributed by atoms with Crippen molar-refractivity contribution in [1.82, 2.24) is 4.98 Å². The van der Waals surface area contributed by atoms with Crippen LogP contribution in [0.4, 0.5) is 0 Å². The Morgan fingerprint density at radius 1 is 1.40 bits per heavy atom. The number of ether oxygens (including phenoxy) is 1. The molecule has 3 nitrogen and oxygen atoms in total. The molecule has 0 amide bonds. The van der Waals surface area contributed by atoms with Gasteiger partial charge in [-0.2, -0.15) is 0 Å². The Labute approximate surface area is 95.2 Å². The first kappa shape index (κ1) is 10.1. The average Bonchev–Trinajstić information content (AvgIpc) is 2.26. The van der Waals surface area contributed by atoms with E-state index in [-0.39, 0.29) is 5.97 Å². The number of rotatable bonds is 1. The van der Waals surface area contributed by atoms with Crippen molar-refractivity contribution in [1.29, 1.82) is 0 Å². The molecule has 0 aliphatic carbocycles. The predicted molar refractivity (Wildman–Crippen MR) is 60.8 cm³/mol. The van der Waals surface area contributed by atoms with Gasteiger partial charge in [-0.3, -0.25) is 4.98 Å². The van der Waals surface area contributed by atoms with Crippen LogP contribution in [0.3, 0.4) is 0 Å². The fraction of sp³-hybridized carbons (Fsp3) is 0.0909. The SMILES string of the molecule is COC(=O)c1ccnc2cc(Br)ccc12. The van der Waals surface area contributed by atoms with Gasteiger partial charge < -0.3 is 4.74 Å². The molecular formula is C11H8BrNO2.